The van der Waals surface area contributed by atoms with Crippen molar-refractivity contribution >= 4 is 16.6 Å². The van der Waals surface area contributed by atoms with Crippen molar-refractivity contribution in [2.75, 3.05) is 58.4 Å². The number of pyridine rings is 1. The molecule has 0 radical (unpaired) electrons. The third-order valence-electron chi connectivity index (χ3n) is 6.34. The standard InChI is InChI=1S/C25H37N3O3/c1-3-30-15-7-11-26-25-19-9-6-10-21(19)27-22-18-24(23(29-2)17-20(22)25)31-16-8-14-28-12-4-5-13-28/h17-18H,3-16H2,1-2H3,(H,26,27). The van der Waals surface area contributed by atoms with Crippen molar-refractivity contribution in [1.82, 2.24) is 9.88 Å². The fourth-order valence-corrected chi connectivity index (χ4v) is 4.75. The van der Waals surface area contributed by atoms with Gasteiger partial charge in [0.05, 0.1) is 19.2 Å². The molecule has 0 bridgehead atoms. The number of benzene rings is 1. The SMILES string of the molecule is CCOCCCNc1c2c(nc3cc(OCCCN4CCCC4)c(OC)cc13)CCC2. The first-order chi connectivity index (χ1) is 15.3. The third kappa shape index (κ3) is 5.42. The number of aromatic nitrogens is 1. The molecule has 1 saturated heterocycles. The zero-order chi connectivity index (χ0) is 21.5. The second-order valence-electron chi connectivity index (χ2n) is 8.51. The number of anilines is 1. The normalized spacial score (nSPS) is 16.1. The van der Waals surface area contributed by atoms with Crippen LogP contribution in [0.3, 0.4) is 0 Å². The summed E-state index contributed by atoms with van der Waals surface area (Å²) in [5.74, 6) is 1.58. The van der Waals surface area contributed by atoms with E-state index in [0.717, 1.165) is 74.4 Å². The van der Waals surface area contributed by atoms with Crippen molar-refractivity contribution in [1.29, 1.82) is 0 Å². The summed E-state index contributed by atoms with van der Waals surface area (Å²) >= 11 is 0. The van der Waals surface area contributed by atoms with Crippen LogP contribution < -0.4 is 14.8 Å². The van der Waals surface area contributed by atoms with Gasteiger partial charge >= 0.3 is 0 Å². The van der Waals surface area contributed by atoms with Crippen molar-refractivity contribution in [3.8, 4) is 11.5 Å². The number of nitrogens with zero attached hydrogens (tertiary/aromatic N) is 2. The van der Waals surface area contributed by atoms with Crippen molar-refractivity contribution in [3.63, 3.8) is 0 Å². The minimum absolute atomic E-state index is 0.700. The van der Waals surface area contributed by atoms with Crippen LogP contribution in [0, 0.1) is 0 Å². The number of aryl methyl sites for hydroxylation is 1. The molecule has 0 unspecified atom stereocenters. The van der Waals surface area contributed by atoms with E-state index in [9.17, 15) is 0 Å². The lowest BCUT2D eigenvalue weighted by Crippen LogP contribution is -2.21. The second-order valence-corrected chi connectivity index (χ2v) is 8.51. The number of fused-ring (bicyclic) bond motifs is 2. The van der Waals surface area contributed by atoms with Crippen LogP contribution in [0.2, 0.25) is 0 Å². The van der Waals surface area contributed by atoms with Gasteiger partial charge in [-0.2, -0.15) is 0 Å². The highest BCUT2D eigenvalue weighted by Crippen LogP contribution is 2.39. The van der Waals surface area contributed by atoms with E-state index >= 15 is 0 Å². The summed E-state index contributed by atoms with van der Waals surface area (Å²) in [5.41, 5.74) is 4.80. The topological polar surface area (TPSA) is 55.8 Å². The van der Waals surface area contributed by atoms with E-state index in [4.69, 9.17) is 19.2 Å². The summed E-state index contributed by atoms with van der Waals surface area (Å²) in [5, 5.41) is 4.80. The molecule has 1 aliphatic heterocycles. The molecule has 0 spiro atoms. The number of hydrogen-bond acceptors (Lipinski definition) is 6. The summed E-state index contributed by atoms with van der Waals surface area (Å²) in [6.07, 6.45) is 7.99. The Morgan fingerprint density at radius 2 is 1.90 bits per heavy atom. The molecule has 31 heavy (non-hydrogen) atoms. The van der Waals surface area contributed by atoms with Crippen molar-refractivity contribution < 1.29 is 14.2 Å². The molecule has 6 nitrogen and oxygen atoms in total. The molecular weight excluding hydrogens is 390 g/mol. The molecule has 0 atom stereocenters. The van der Waals surface area contributed by atoms with Crippen LogP contribution in [0.5, 0.6) is 11.5 Å². The second kappa shape index (κ2) is 11.0. The Hall–Kier alpha value is -2.05. The lowest BCUT2D eigenvalue weighted by atomic mass is 10.1. The number of methoxy groups -OCH3 is 1. The highest BCUT2D eigenvalue weighted by atomic mass is 16.5. The number of rotatable bonds is 12. The summed E-state index contributed by atoms with van der Waals surface area (Å²) < 4.78 is 17.3. The molecule has 4 rings (SSSR count). The monoisotopic (exact) mass is 427 g/mol. The Morgan fingerprint density at radius 1 is 1.03 bits per heavy atom. The molecular formula is C25H37N3O3. The smallest absolute Gasteiger partial charge is 0.163 e. The van der Waals surface area contributed by atoms with Crippen molar-refractivity contribution in [2.24, 2.45) is 0 Å². The van der Waals surface area contributed by atoms with E-state index in [1.54, 1.807) is 7.11 Å². The maximum absolute atomic E-state index is 6.15. The number of hydrogen-bond donors (Lipinski definition) is 1. The molecule has 1 aliphatic carbocycles. The molecule has 1 aromatic carbocycles. The molecule has 2 aromatic rings. The van der Waals surface area contributed by atoms with Crippen LogP contribution in [0.4, 0.5) is 5.69 Å². The van der Waals surface area contributed by atoms with Gasteiger partial charge in [0.2, 0.25) is 0 Å². The van der Waals surface area contributed by atoms with E-state index in [0.29, 0.717) is 6.61 Å². The van der Waals surface area contributed by atoms with Crippen LogP contribution in [-0.2, 0) is 17.6 Å². The Bertz CT molecular complexity index is 865. The maximum atomic E-state index is 6.15. The van der Waals surface area contributed by atoms with Gasteiger partial charge < -0.3 is 24.4 Å². The number of ether oxygens (including phenoxy) is 3. The number of likely N-dealkylation sites (tertiary alicyclic amines) is 1. The highest BCUT2D eigenvalue weighted by Gasteiger charge is 2.21. The predicted molar refractivity (Wildman–Crippen MR) is 126 cm³/mol. The van der Waals surface area contributed by atoms with E-state index in [-0.39, 0.29) is 0 Å². The van der Waals surface area contributed by atoms with Gasteiger partial charge in [-0.3, -0.25) is 4.98 Å². The Kier molecular flexibility index (Phi) is 7.86. The Balaban J connectivity index is 1.50. The van der Waals surface area contributed by atoms with Gasteiger partial charge in [-0.15, -0.1) is 0 Å². The molecule has 1 N–H and O–H groups in total. The highest BCUT2D eigenvalue weighted by molar-refractivity contribution is 5.96. The summed E-state index contributed by atoms with van der Waals surface area (Å²) in [6.45, 7) is 8.75. The van der Waals surface area contributed by atoms with Gasteiger partial charge in [-0.05, 0) is 76.6 Å². The minimum atomic E-state index is 0.700. The van der Waals surface area contributed by atoms with Gasteiger partial charge in [-0.25, -0.2) is 0 Å². The third-order valence-corrected chi connectivity index (χ3v) is 6.34. The zero-order valence-electron chi connectivity index (χ0n) is 19.2. The van der Waals surface area contributed by atoms with Gasteiger partial charge in [-0.1, -0.05) is 0 Å². The summed E-state index contributed by atoms with van der Waals surface area (Å²) in [7, 11) is 1.72. The summed E-state index contributed by atoms with van der Waals surface area (Å²) in [6, 6.07) is 4.16. The predicted octanol–water partition coefficient (Wildman–Crippen LogP) is 4.44. The Labute approximate surface area is 186 Å². The van der Waals surface area contributed by atoms with Crippen LogP contribution in [-0.4, -0.2) is 63.0 Å². The van der Waals surface area contributed by atoms with Gasteiger partial charge in [0.1, 0.15) is 0 Å². The van der Waals surface area contributed by atoms with Gasteiger partial charge in [0.15, 0.2) is 11.5 Å². The average Bonchev–Trinajstić information content (AvgIpc) is 3.47. The molecule has 0 saturated carbocycles. The van der Waals surface area contributed by atoms with Crippen LogP contribution in [0.1, 0.15) is 50.3 Å². The van der Waals surface area contributed by atoms with E-state index < -0.39 is 0 Å². The number of nitrogens with one attached hydrogen (secondary N) is 1. The van der Waals surface area contributed by atoms with Crippen LogP contribution in [0.15, 0.2) is 12.1 Å². The average molecular weight is 428 g/mol. The zero-order valence-corrected chi connectivity index (χ0v) is 19.2. The lowest BCUT2D eigenvalue weighted by molar-refractivity contribution is 0.147. The van der Waals surface area contributed by atoms with Gasteiger partial charge in [0, 0.05) is 49.1 Å². The maximum Gasteiger partial charge on any atom is 0.163 e. The van der Waals surface area contributed by atoms with E-state index in [1.165, 1.54) is 49.3 Å². The fraction of sp³-hybridized carbons (Fsp3) is 0.640. The summed E-state index contributed by atoms with van der Waals surface area (Å²) in [4.78, 5) is 7.52. The van der Waals surface area contributed by atoms with E-state index in [2.05, 4.69) is 22.3 Å². The first kappa shape index (κ1) is 22.2. The minimum Gasteiger partial charge on any atom is -0.493 e. The first-order valence-electron chi connectivity index (χ1n) is 12.0. The molecule has 6 heteroatoms. The first-order valence-corrected chi connectivity index (χ1v) is 12.0. The largest absolute Gasteiger partial charge is 0.493 e. The quantitative estimate of drug-likeness (QED) is 0.506. The van der Waals surface area contributed by atoms with Gasteiger partial charge in [0.25, 0.3) is 0 Å². The van der Waals surface area contributed by atoms with Crippen molar-refractivity contribution in [2.45, 2.75) is 51.9 Å². The molecule has 2 heterocycles. The van der Waals surface area contributed by atoms with E-state index in [1.807, 2.05) is 6.92 Å². The molecule has 1 fully saturated rings. The van der Waals surface area contributed by atoms with Crippen LogP contribution in [0.25, 0.3) is 10.9 Å². The molecule has 2 aliphatic rings. The van der Waals surface area contributed by atoms with Crippen LogP contribution >= 0.6 is 0 Å². The Morgan fingerprint density at radius 3 is 2.71 bits per heavy atom. The lowest BCUT2D eigenvalue weighted by Gasteiger charge is -2.18. The molecule has 0 amide bonds. The molecule has 1 aromatic heterocycles. The van der Waals surface area contributed by atoms with Crippen molar-refractivity contribution in [3.05, 3.63) is 23.4 Å². The molecule has 170 valence electrons. The fourth-order valence-electron chi connectivity index (χ4n) is 4.75.